The number of benzene rings is 1. The van der Waals surface area contributed by atoms with Crippen molar-refractivity contribution in [2.24, 2.45) is 0 Å². The highest BCUT2D eigenvalue weighted by Crippen LogP contribution is 2.51. The van der Waals surface area contributed by atoms with E-state index in [0.29, 0.717) is 13.2 Å². The van der Waals surface area contributed by atoms with Gasteiger partial charge in [0.25, 0.3) is 0 Å². The van der Waals surface area contributed by atoms with Crippen LogP contribution >= 0.6 is 7.60 Å². The Labute approximate surface area is 108 Å². The van der Waals surface area contributed by atoms with Crippen molar-refractivity contribution >= 4 is 7.60 Å². The van der Waals surface area contributed by atoms with Crippen LogP contribution < -0.4 is 0 Å². The third kappa shape index (κ3) is 5.21. The third-order valence-corrected chi connectivity index (χ3v) is 4.40. The first-order valence-electron chi connectivity index (χ1n) is 6.25. The Balaban J connectivity index is 2.66. The summed E-state index contributed by atoms with van der Waals surface area (Å²) in [5.41, 5.74) is 0.834. The van der Waals surface area contributed by atoms with Crippen LogP contribution in [0.2, 0.25) is 0 Å². The molecule has 0 aliphatic rings. The summed E-state index contributed by atoms with van der Waals surface area (Å²) in [5.74, 6) is 0.192. The molecule has 1 aromatic rings. The van der Waals surface area contributed by atoms with E-state index in [9.17, 15) is 9.67 Å². The van der Waals surface area contributed by atoms with Crippen molar-refractivity contribution in [3.63, 3.8) is 0 Å². The van der Waals surface area contributed by atoms with Gasteiger partial charge in [0.15, 0.2) is 0 Å². The van der Waals surface area contributed by atoms with Gasteiger partial charge in [0.05, 0.1) is 19.4 Å². The summed E-state index contributed by atoms with van der Waals surface area (Å²) < 4.78 is 23.1. The van der Waals surface area contributed by atoms with Crippen LogP contribution in [0.1, 0.15) is 32.3 Å². The van der Waals surface area contributed by atoms with Gasteiger partial charge in [-0.3, -0.25) is 4.57 Å². The zero-order chi connectivity index (χ0) is 13.4. The number of hydrogen-bond acceptors (Lipinski definition) is 4. The minimum absolute atomic E-state index is 0.192. The summed E-state index contributed by atoms with van der Waals surface area (Å²) >= 11 is 0. The van der Waals surface area contributed by atoms with Gasteiger partial charge < -0.3 is 14.2 Å². The van der Waals surface area contributed by atoms with Crippen molar-refractivity contribution in [2.45, 2.75) is 32.9 Å². The van der Waals surface area contributed by atoms with E-state index in [0.717, 1.165) is 18.4 Å². The second kappa shape index (κ2) is 7.57. The molecule has 0 fully saturated rings. The van der Waals surface area contributed by atoms with E-state index in [1.807, 2.05) is 0 Å². The number of phenols is 1. The number of rotatable bonds is 8. The average Bonchev–Trinajstić information content (AvgIpc) is 2.33. The third-order valence-electron chi connectivity index (χ3n) is 2.42. The lowest BCUT2D eigenvalue weighted by molar-refractivity contribution is 0.208. The second-order valence-electron chi connectivity index (χ2n) is 4.04. The van der Waals surface area contributed by atoms with E-state index < -0.39 is 7.60 Å². The van der Waals surface area contributed by atoms with Crippen molar-refractivity contribution in [2.75, 3.05) is 13.2 Å². The normalized spacial score (nSPS) is 14.3. The number of phenolic OH excluding ortho intramolecular Hbond substituents is 1. The summed E-state index contributed by atoms with van der Waals surface area (Å²) in [6, 6.07) is 6.59. The van der Waals surface area contributed by atoms with Crippen LogP contribution in [0, 0.1) is 0 Å². The first-order valence-corrected chi connectivity index (χ1v) is 7.98. The van der Waals surface area contributed by atoms with Gasteiger partial charge >= 0.3 is 7.60 Å². The van der Waals surface area contributed by atoms with Crippen LogP contribution in [0.3, 0.4) is 0 Å². The molecule has 0 bridgehead atoms. The van der Waals surface area contributed by atoms with Gasteiger partial charge in [0, 0.05) is 0 Å². The molecule has 5 heteroatoms. The van der Waals surface area contributed by atoms with Gasteiger partial charge in [-0.1, -0.05) is 25.5 Å². The standard InChI is InChI=1S/C13H21O4P/c1-3-5-10-17-18(15,16-4-2)11-12-6-8-13(14)9-7-12/h6-9,14H,3-5,10-11H2,1-2H3. The van der Waals surface area contributed by atoms with Gasteiger partial charge in [-0.25, -0.2) is 0 Å². The Morgan fingerprint density at radius 1 is 1.17 bits per heavy atom. The van der Waals surface area contributed by atoms with Crippen molar-refractivity contribution in [1.29, 1.82) is 0 Å². The molecular weight excluding hydrogens is 251 g/mol. The Morgan fingerprint density at radius 2 is 1.83 bits per heavy atom. The SMILES string of the molecule is CCCCOP(=O)(Cc1ccc(O)cc1)OCC. The Morgan fingerprint density at radius 3 is 2.39 bits per heavy atom. The Hall–Kier alpha value is -0.830. The Kier molecular flexibility index (Phi) is 6.41. The molecule has 1 unspecified atom stereocenters. The highest BCUT2D eigenvalue weighted by atomic mass is 31.2. The molecule has 0 radical (unpaired) electrons. The highest BCUT2D eigenvalue weighted by molar-refractivity contribution is 7.53. The first-order chi connectivity index (χ1) is 8.59. The molecule has 0 aliphatic heterocycles. The van der Waals surface area contributed by atoms with Gasteiger partial charge in [0.1, 0.15) is 5.75 Å². The zero-order valence-electron chi connectivity index (χ0n) is 11.0. The molecule has 1 atom stereocenters. The molecule has 0 heterocycles. The van der Waals surface area contributed by atoms with Crippen molar-refractivity contribution in [3.8, 4) is 5.75 Å². The molecule has 0 amide bonds. The lowest BCUT2D eigenvalue weighted by atomic mass is 10.2. The molecule has 0 aromatic heterocycles. The van der Waals surface area contributed by atoms with E-state index >= 15 is 0 Å². The lowest BCUT2D eigenvalue weighted by Crippen LogP contribution is -2.00. The average molecular weight is 272 g/mol. The molecule has 1 N–H and O–H groups in total. The minimum Gasteiger partial charge on any atom is -0.508 e. The largest absolute Gasteiger partial charge is 0.508 e. The highest BCUT2D eigenvalue weighted by Gasteiger charge is 2.24. The fourth-order valence-electron chi connectivity index (χ4n) is 1.50. The van der Waals surface area contributed by atoms with Crippen molar-refractivity contribution < 1.29 is 18.7 Å². The van der Waals surface area contributed by atoms with Gasteiger partial charge in [-0.05, 0) is 31.0 Å². The van der Waals surface area contributed by atoms with E-state index in [-0.39, 0.29) is 11.9 Å². The second-order valence-corrected chi connectivity index (χ2v) is 6.09. The molecule has 102 valence electrons. The summed E-state index contributed by atoms with van der Waals surface area (Å²) in [6.07, 6.45) is 2.10. The van der Waals surface area contributed by atoms with Gasteiger partial charge in [-0.15, -0.1) is 0 Å². The van der Waals surface area contributed by atoms with Crippen LogP contribution in [-0.4, -0.2) is 18.3 Å². The monoisotopic (exact) mass is 272 g/mol. The minimum atomic E-state index is -3.07. The molecule has 0 aliphatic carbocycles. The smallest absolute Gasteiger partial charge is 0.335 e. The van der Waals surface area contributed by atoms with Gasteiger partial charge in [-0.2, -0.15) is 0 Å². The molecular formula is C13H21O4P. The van der Waals surface area contributed by atoms with Crippen molar-refractivity contribution in [1.82, 2.24) is 0 Å². The van der Waals surface area contributed by atoms with Crippen LogP contribution in [-0.2, 0) is 19.8 Å². The maximum absolute atomic E-state index is 12.4. The van der Waals surface area contributed by atoms with E-state index in [2.05, 4.69) is 6.92 Å². The molecule has 0 spiro atoms. The number of unbranched alkanes of at least 4 members (excludes halogenated alkanes) is 1. The van der Waals surface area contributed by atoms with E-state index in [1.54, 1.807) is 31.2 Å². The van der Waals surface area contributed by atoms with Gasteiger partial charge in [0.2, 0.25) is 0 Å². The predicted molar refractivity (Wildman–Crippen MR) is 71.9 cm³/mol. The molecule has 18 heavy (non-hydrogen) atoms. The summed E-state index contributed by atoms with van der Waals surface area (Å²) in [6.45, 7) is 4.66. The molecule has 0 saturated heterocycles. The van der Waals surface area contributed by atoms with E-state index in [1.165, 1.54) is 0 Å². The van der Waals surface area contributed by atoms with Crippen LogP contribution in [0.15, 0.2) is 24.3 Å². The lowest BCUT2D eigenvalue weighted by Gasteiger charge is -2.17. The summed E-state index contributed by atoms with van der Waals surface area (Å²) in [4.78, 5) is 0. The topological polar surface area (TPSA) is 55.8 Å². The quantitative estimate of drug-likeness (QED) is 0.575. The van der Waals surface area contributed by atoms with Crippen LogP contribution in [0.4, 0.5) is 0 Å². The molecule has 0 saturated carbocycles. The predicted octanol–water partition coefficient (Wildman–Crippen LogP) is 3.94. The fraction of sp³-hybridized carbons (Fsp3) is 0.538. The number of aromatic hydroxyl groups is 1. The fourth-order valence-corrected chi connectivity index (χ4v) is 3.21. The summed E-state index contributed by atoms with van der Waals surface area (Å²) in [5, 5.41) is 9.20. The summed E-state index contributed by atoms with van der Waals surface area (Å²) in [7, 11) is -3.07. The molecule has 4 nitrogen and oxygen atoms in total. The number of hydrogen-bond donors (Lipinski definition) is 1. The maximum Gasteiger partial charge on any atom is 0.335 e. The van der Waals surface area contributed by atoms with E-state index in [4.69, 9.17) is 9.05 Å². The van der Waals surface area contributed by atoms with Crippen LogP contribution in [0.25, 0.3) is 0 Å². The first kappa shape index (κ1) is 15.2. The maximum atomic E-state index is 12.4. The van der Waals surface area contributed by atoms with Crippen LogP contribution in [0.5, 0.6) is 5.75 Å². The van der Waals surface area contributed by atoms with Crippen molar-refractivity contribution in [3.05, 3.63) is 29.8 Å². The zero-order valence-corrected chi connectivity index (χ0v) is 11.9. The molecule has 1 rings (SSSR count). The molecule has 1 aromatic carbocycles. The Bertz CT molecular complexity index is 388.